The third kappa shape index (κ3) is 48.5. The van der Waals surface area contributed by atoms with Gasteiger partial charge in [-0.25, -0.2) is 4.57 Å². The quantitative estimate of drug-likeness (QED) is 0.0243. The third-order valence-corrected chi connectivity index (χ3v) is 13.1. The lowest BCUT2D eigenvalue weighted by Crippen LogP contribution is -2.45. The van der Waals surface area contributed by atoms with Crippen LogP contribution in [-0.2, 0) is 18.4 Å². The summed E-state index contributed by atoms with van der Waals surface area (Å²) in [5.41, 5.74) is 0. The van der Waals surface area contributed by atoms with E-state index in [9.17, 15) is 19.4 Å². The molecule has 0 aliphatic carbocycles. The van der Waals surface area contributed by atoms with Crippen LogP contribution < -0.4 is 5.32 Å². The number of phosphoric ester groups is 1. The van der Waals surface area contributed by atoms with Gasteiger partial charge in [-0.2, -0.15) is 0 Å². The molecule has 0 radical (unpaired) electrons. The van der Waals surface area contributed by atoms with Gasteiger partial charge in [-0.15, -0.1) is 0 Å². The molecule has 0 aliphatic heterocycles. The first-order valence-corrected chi connectivity index (χ1v) is 28.4. The fraction of sp³-hybridized carbons (Fsp3) is 0.870. The summed E-state index contributed by atoms with van der Waals surface area (Å²) in [7, 11) is 1.55. The molecule has 0 heterocycles. The van der Waals surface area contributed by atoms with Crippen molar-refractivity contribution in [2.45, 2.75) is 264 Å². The molecule has 63 heavy (non-hydrogen) atoms. The van der Waals surface area contributed by atoms with Crippen LogP contribution in [-0.4, -0.2) is 73.4 Å². The molecule has 0 aliphatic rings. The van der Waals surface area contributed by atoms with Gasteiger partial charge in [-0.3, -0.25) is 13.8 Å². The molecule has 3 N–H and O–H groups in total. The number of nitrogens with one attached hydrogen (secondary N) is 1. The van der Waals surface area contributed by atoms with Crippen LogP contribution in [0.3, 0.4) is 0 Å². The van der Waals surface area contributed by atoms with Gasteiger partial charge < -0.3 is 19.8 Å². The molecule has 0 spiro atoms. The van der Waals surface area contributed by atoms with E-state index < -0.39 is 20.0 Å². The third-order valence-electron chi connectivity index (χ3n) is 12.1. The van der Waals surface area contributed by atoms with Crippen LogP contribution in [0.4, 0.5) is 0 Å². The Hall–Kier alpha value is -1.28. The second kappa shape index (κ2) is 45.9. The Morgan fingerprint density at radius 1 is 0.524 bits per heavy atom. The van der Waals surface area contributed by atoms with Gasteiger partial charge in [-0.1, -0.05) is 237 Å². The highest BCUT2D eigenvalue weighted by molar-refractivity contribution is 7.47. The molecule has 0 aromatic carbocycles. The number of allylic oxidation sites excluding steroid dienone is 5. The van der Waals surface area contributed by atoms with Crippen molar-refractivity contribution in [2.75, 3.05) is 40.9 Å². The molecule has 0 bridgehead atoms. The lowest BCUT2D eigenvalue weighted by atomic mass is 10.0. The van der Waals surface area contributed by atoms with Gasteiger partial charge in [0.15, 0.2) is 0 Å². The summed E-state index contributed by atoms with van der Waals surface area (Å²) in [6.45, 7) is 4.78. The van der Waals surface area contributed by atoms with E-state index in [2.05, 4.69) is 43.5 Å². The number of phosphoric acid groups is 1. The molecule has 0 aromatic heterocycles. The van der Waals surface area contributed by atoms with Crippen molar-refractivity contribution >= 4 is 13.7 Å². The van der Waals surface area contributed by atoms with Crippen LogP contribution in [0.2, 0.25) is 0 Å². The SMILES string of the molecule is CCCCCCCCCCCCCCCCCCCCCCC/C=C/CC/C=C/CC/C=C/C(O)C(COP(=O)(O)OCC[N+](C)(C)C)NC(=O)CCCCCCCCCCCC. The molecular formula is C54H106N2O6P+. The number of quaternary nitrogens is 1. The number of amides is 1. The normalized spacial score (nSPS) is 14.3. The first-order chi connectivity index (χ1) is 30.5. The van der Waals surface area contributed by atoms with Crippen LogP contribution in [0.5, 0.6) is 0 Å². The van der Waals surface area contributed by atoms with Gasteiger partial charge in [0.2, 0.25) is 5.91 Å². The molecular weight excluding hydrogens is 804 g/mol. The number of carbonyl (C=O) groups is 1. The fourth-order valence-corrected chi connectivity index (χ4v) is 8.58. The summed E-state index contributed by atoms with van der Waals surface area (Å²) in [4.78, 5) is 23.1. The van der Waals surface area contributed by atoms with Crippen molar-refractivity contribution in [1.29, 1.82) is 0 Å². The lowest BCUT2D eigenvalue weighted by Gasteiger charge is -2.25. The zero-order valence-electron chi connectivity index (χ0n) is 42.3. The minimum atomic E-state index is -4.35. The molecule has 0 saturated heterocycles. The Labute approximate surface area is 391 Å². The largest absolute Gasteiger partial charge is 0.472 e. The highest BCUT2D eigenvalue weighted by atomic mass is 31.2. The van der Waals surface area contributed by atoms with E-state index >= 15 is 0 Å². The summed E-state index contributed by atoms with van der Waals surface area (Å²) in [6.07, 6.45) is 58.4. The highest BCUT2D eigenvalue weighted by Gasteiger charge is 2.27. The zero-order valence-corrected chi connectivity index (χ0v) is 43.2. The topological polar surface area (TPSA) is 105 Å². The van der Waals surface area contributed by atoms with Crippen LogP contribution in [0.25, 0.3) is 0 Å². The Morgan fingerprint density at radius 2 is 0.873 bits per heavy atom. The van der Waals surface area contributed by atoms with Gasteiger partial charge in [-0.05, 0) is 44.9 Å². The van der Waals surface area contributed by atoms with E-state index in [0.29, 0.717) is 17.4 Å². The molecule has 0 aromatic rings. The number of rotatable bonds is 49. The number of likely N-dealkylation sites (N-methyl/N-ethyl adjacent to an activating group) is 1. The number of unbranched alkanes of at least 4 members (excludes halogenated alkanes) is 32. The summed E-state index contributed by atoms with van der Waals surface area (Å²) in [5, 5.41) is 13.8. The molecule has 0 rings (SSSR count). The molecule has 3 atom stereocenters. The van der Waals surface area contributed by atoms with Gasteiger partial charge in [0.1, 0.15) is 13.2 Å². The van der Waals surface area contributed by atoms with E-state index in [4.69, 9.17) is 9.05 Å². The van der Waals surface area contributed by atoms with E-state index in [-0.39, 0.29) is 19.1 Å². The summed E-state index contributed by atoms with van der Waals surface area (Å²) in [5.74, 6) is -0.192. The van der Waals surface area contributed by atoms with Crippen LogP contribution in [0.15, 0.2) is 36.5 Å². The first-order valence-electron chi connectivity index (χ1n) is 26.9. The number of aliphatic hydroxyl groups is 1. The second-order valence-corrected chi connectivity index (χ2v) is 21.0. The Morgan fingerprint density at radius 3 is 1.27 bits per heavy atom. The van der Waals surface area contributed by atoms with Crippen LogP contribution >= 0.6 is 7.82 Å². The van der Waals surface area contributed by atoms with Crippen molar-refractivity contribution in [3.05, 3.63) is 36.5 Å². The minimum Gasteiger partial charge on any atom is -0.387 e. The molecule has 3 unspecified atom stereocenters. The number of hydrogen-bond donors (Lipinski definition) is 3. The predicted molar refractivity (Wildman–Crippen MR) is 272 cm³/mol. The van der Waals surface area contributed by atoms with Crippen molar-refractivity contribution in [3.63, 3.8) is 0 Å². The van der Waals surface area contributed by atoms with Crippen molar-refractivity contribution in [2.24, 2.45) is 0 Å². The molecule has 1 amide bonds. The maximum Gasteiger partial charge on any atom is 0.472 e. The zero-order chi connectivity index (χ0) is 46.4. The first kappa shape index (κ1) is 61.7. The number of aliphatic hydroxyl groups excluding tert-OH is 1. The molecule has 9 heteroatoms. The number of nitrogens with zero attached hydrogens (tertiary/aromatic N) is 1. The molecule has 372 valence electrons. The fourth-order valence-electron chi connectivity index (χ4n) is 7.84. The number of hydrogen-bond acceptors (Lipinski definition) is 5. The second-order valence-electron chi connectivity index (χ2n) is 19.6. The Balaban J connectivity index is 4.13. The maximum absolute atomic E-state index is 12.8. The van der Waals surface area contributed by atoms with Gasteiger partial charge in [0.25, 0.3) is 0 Å². The molecule has 0 fully saturated rings. The van der Waals surface area contributed by atoms with E-state index in [1.807, 2.05) is 27.2 Å². The van der Waals surface area contributed by atoms with Crippen molar-refractivity contribution < 1.29 is 32.9 Å². The Bertz CT molecular complexity index is 1120. The van der Waals surface area contributed by atoms with Gasteiger partial charge in [0.05, 0.1) is 39.9 Å². The van der Waals surface area contributed by atoms with Crippen LogP contribution in [0.1, 0.15) is 251 Å². The minimum absolute atomic E-state index is 0.0546. The molecule has 8 nitrogen and oxygen atoms in total. The van der Waals surface area contributed by atoms with Gasteiger partial charge >= 0.3 is 7.82 Å². The Kier molecular flexibility index (Phi) is 44.9. The van der Waals surface area contributed by atoms with E-state index in [0.717, 1.165) is 44.9 Å². The van der Waals surface area contributed by atoms with Crippen molar-refractivity contribution in [3.8, 4) is 0 Å². The van der Waals surface area contributed by atoms with Crippen molar-refractivity contribution in [1.82, 2.24) is 5.32 Å². The summed E-state index contributed by atoms with van der Waals surface area (Å²) >= 11 is 0. The maximum atomic E-state index is 12.8. The lowest BCUT2D eigenvalue weighted by molar-refractivity contribution is -0.870. The predicted octanol–water partition coefficient (Wildman–Crippen LogP) is 15.8. The van der Waals surface area contributed by atoms with E-state index in [1.165, 1.54) is 186 Å². The highest BCUT2D eigenvalue weighted by Crippen LogP contribution is 2.43. The average Bonchev–Trinajstić information content (AvgIpc) is 3.24. The average molecular weight is 910 g/mol. The van der Waals surface area contributed by atoms with Crippen LogP contribution in [0, 0.1) is 0 Å². The van der Waals surface area contributed by atoms with Gasteiger partial charge in [0, 0.05) is 6.42 Å². The summed E-state index contributed by atoms with van der Waals surface area (Å²) < 4.78 is 23.6. The number of carbonyl (C=O) groups excluding carboxylic acids is 1. The standard InChI is InChI=1S/C54H105N2O6P/c1-6-8-10-12-14-16-18-19-20-21-22-23-24-25-26-27-28-29-30-31-32-33-34-35-36-37-38-39-41-43-45-47-53(57)52(51-62-63(59,60)61-50-49-56(3,4)5)55-54(58)48-46-44-42-40-17-15-13-11-9-7-2/h34-35,38-39,45,47,52-53,57H,6-33,36-37,40-44,46,48-51H2,1-5H3,(H-,55,58,59,60)/p+1/b35-34+,39-38+,47-45+. The smallest absolute Gasteiger partial charge is 0.387 e. The monoisotopic (exact) mass is 910 g/mol. The molecule has 0 saturated carbocycles. The summed E-state index contributed by atoms with van der Waals surface area (Å²) in [6, 6.07) is -0.866. The van der Waals surface area contributed by atoms with E-state index in [1.54, 1.807) is 6.08 Å².